The van der Waals surface area contributed by atoms with Gasteiger partial charge in [-0.1, -0.05) is 41.4 Å². The van der Waals surface area contributed by atoms with E-state index in [-0.39, 0.29) is 0 Å². The van der Waals surface area contributed by atoms with Gasteiger partial charge in [0.2, 0.25) is 0 Å². The lowest BCUT2D eigenvalue weighted by atomic mass is 10.2. The van der Waals surface area contributed by atoms with E-state index in [0.29, 0.717) is 16.7 Å². The second-order valence-corrected chi connectivity index (χ2v) is 6.68. The third-order valence-electron chi connectivity index (χ3n) is 4.22. The van der Waals surface area contributed by atoms with Crippen LogP contribution in [0.4, 0.5) is 0 Å². The van der Waals surface area contributed by atoms with Crippen LogP contribution < -0.4 is 4.74 Å². The van der Waals surface area contributed by atoms with Gasteiger partial charge in [-0.3, -0.25) is 14.8 Å². The molecule has 2 aromatic rings. The molecule has 0 N–H and O–H groups in total. The molecule has 0 bridgehead atoms. The van der Waals surface area contributed by atoms with Crippen LogP contribution in [0.1, 0.15) is 5.56 Å². The Balaban J connectivity index is 1.41. The van der Waals surface area contributed by atoms with Gasteiger partial charge in [-0.05, 0) is 12.1 Å². The normalized spacial score (nSPS) is 16.2. The molecule has 4 nitrogen and oxygen atoms in total. The van der Waals surface area contributed by atoms with Crippen molar-refractivity contribution in [2.75, 3.05) is 39.3 Å². The van der Waals surface area contributed by atoms with Crippen LogP contribution in [0.25, 0.3) is 0 Å². The highest BCUT2D eigenvalue weighted by atomic mass is 35.5. The fourth-order valence-electron chi connectivity index (χ4n) is 2.79. The van der Waals surface area contributed by atoms with Gasteiger partial charge in [0.05, 0.1) is 10.0 Å². The molecule has 0 atom stereocenters. The zero-order valence-corrected chi connectivity index (χ0v) is 15.0. The second-order valence-electron chi connectivity index (χ2n) is 5.86. The van der Waals surface area contributed by atoms with E-state index >= 15 is 0 Å². The third kappa shape index (κ3) is 4.84. The van der Waals surface area contributed by atoms with Crippen molar-refractivity contribution in [2.24, 2.45) is 0 Å². The maximum atomic E-state index is 6.20. The molecule has 6 heteroatoms. The number of benzene rings is 1. The zero-order valence-electron chi connectivity index (χ0n) is 13.5. The number of ether oxygens (including phenoxy) is 1. The number of halogens is 2. The Morgan fingerprint density at radius 3 is 2.21 bits per heavy atom. The summed E-state index contributed by atoms with van der Waals surface area (Å²) in [5.74, 6) is 0.929. The maximum absolute atomic E-state index is 6.20. The summed E-state index contributed by atoms with van der Waals surface area (Å²) in [5.41, 5.74) is 0.967. The number of piperazine rings is 1. The van der Waals surface area contributed by atoms with Gasteiger partial charge in [0.15, 0.2) is 0 Å². The van der Waals surface area contributed by atoms with Gasteiger partial charge in [-0.25, -0.2) is 0 Å². The van der Waals surface area contributed by atoms with Crippen LogP contribution >= 0.6 is 23.2 Å². The molecule has 0 unspecified atom stereocenters. The van der Waals surface area contributed by atoms with E-state index in [1.807, 2.05) is 30.3 Å². The lowest BCUT2D eigenvalue weighted by Crippen LogP contribution is -2.47. The van der Waals surface area contributed by atoms with Gasteiger partial charge in [-0.2, -0.15) is 0 Å². The van der Waals surface area contributed by atoms with E-state index in [1.54, 1.807) is 12.4 Å². The van der Waals surface area contributed by atoms with Gasteiger partial charge in [0.1, 0.15) is 12.4 Å². The van der Waals surface area contributed by atoms with Crippen molar-refractivity contribution in [3.8, 4) is 5.75 Å². The van der Waals surface area contributed by atoms with E-state index in [1.165, 1.54) is 0 Å². The lowest BCUT2D eigenvalue weighted by Gasteiger charge is -2.34. The molecule has 0 radical (unpaired) electrons. The standard InChI is InChI=1S/C18H21Cl2N3O/c19-17-12-21-13-18(20)16(17)14-23-8-6-22(7-9-23)10-11-24-15-4-2-1-3-5-15/h1-5,12-13H,6-11,14H2. The minimum Gasteiger partial charge on any atom is -0.492 e. The fraction of sp³-hybridized carbons (Fsp3) is 0.389. The molecule has 1 aliphatic rings. The largest absolute Gasteiger partial charge is 0.492 e. The summed E-state index contributed by atoms with van der Waals surface area (Å²) in [6.07, 6.45) is 3.31. The Morgan fingerprint density at radius 2 is 1.54 bits per heavy atom. The van der Waals surface area contributed by atoms with E-state index < -0.39 is 0 Å². The Labute approximate surface area is 152 Å². The zero-order chi connectivity index (χ0) is 16.8. The Hall–Kier alpha value is -1.33. The predicted octanol–water partition coefficient (Wildman–Crippen LogP) is 3.59. The summed E-state index contributed by atoms with van der Waals surface area (Å²) in [4.78, 5) is 8.81. The summed E-state index contributed by atoms with van der Waals surface area (Å²) in [6.45, 7) is 6.48. The van der Waals surface area contributed by atoms with Crippen molar-refractivity contribution in [3.05, 3.63) is 58.3 Å². The molecule has 0 aliphatic carbocycles. The Bertz CT molecular complexity index is 626. The minimum atomic E-state index is 0.640. The molecule has 1 saturated heterocycles. The smallest absolute Gasteiger partial charge is 0.119 e. The number of aromatic nitrogens is 1. The van der Waals surface area contributed by atoms with Gasteiger partial charge < -0.3 is 4.74 Å². The Kier molecular flexibility index (Phi) is 6.32. The van der Waals surface area contributed by atoms with Crippen molar-refractivity contribution in [1.82, 2.24) is 14.8 Å². The lowest BCUT2D eigenvalue weighted by molar-refractivity contribution is 0.112. The van der Waals surface area contributed by atoms with Crippen molar-refractivity contribution in [2.45, 2.75) is 6.54 Å². The first-order chi connectivity index (χ1) is 11.7. The molecule has 0 spiro atoms. The molecule has 0 amide bonds. The second kappa shape index (κ2) is 8.67. The van der Waals surface area contributed by atoms with Gasteiger partial charge in [-0.15, -0.1) is 0 Å². The summed E-state index contributed by atoms with van der Waals surface area (Å²) < 4.78 is 5.77. The molecule has 1 fully saturated rings. The SMILES string of the molecule is Clc1cncc(Cl)c1CN1CCN(CCOc2ccccc2)CC1. The number of nitrogens with zero attached hydrogens (tertiary/aromatic N) is 3. The summed E-state index contributed by atoms with van der Waals surface area (Å²) in [5, 5.41) is 1.28. The Morgan fingerprint density at radius 1 is 0.917 bits per heavy atom. The van der Waals surface area contributed by atoms with Crippen LogP contribution in [0, 0.1) is 0 Å². The number of hydrogen-bond acceptors (Lipinski definition) is 4. The highest BCUT2D eigenvalue weighted by molar-refractivity contribution is 6.35. The first-order valence-electron chi connectivity index (χ1n) is 8.13. The summed E-state index contributed by atoms with van der Waals surface area (Å²) in [6, 6.07) is 9.95. The number of hydrogen-bond donors (Lipinski definition) is 0. The predicted molar refractivity (Wildman–Crippen MR) is 97.9 cm³/mol. The van der Waals surface area contributed by atoms with Crippen LogP contribution in [0.2, 0.25) is 10.0 Å². The van der Waals surface area contributed by atoms with Gasteiger partial charge in [0, 0.05) is 57.2 Å². The van der Waals surface area contributed by atoms with E-state index in [9.17, 15) is 0 Å². The molecule has 128 valence electrons. The topological polar surface area (TPSA) is 28.6 Å². The summed E-state index contributed by atoms with van der Waals surface area (Å²) in [7, 11) is 0. The van der Waals surface area contributed by atoms with Crippen LogP contribution in [0.5, 0.6) is 5.75 Å². The van der Waals surface area contributed by atoms with E-state index in [0.717, 1.165) is 50.6 Å². The average molecular weight is 366 g/mol. The van der Waals surface area contributed by atoms with Crippen LogP contribution in [0.3, 0.4) is 0 Å². The molecule has 0 saturated carbocycles. The van der Waals surface area contributed by atoms with Crippen molar-refractivity contribution >= 4 is 23.2 Å². The van der Waals surface area contributed by atoms with Gasteiger partial charge >= 0.3 is 0 Å². The summed E-state index contributed by atoms with van der Waals surface area (Å²) >= 11 is 12.4. The van der Waals surface area contributed by atoms with Crippen molar-refractivity contribution in [3.63, 3.8) is 0 Å². The van der Waals surface area contributed by atoms with E-state index in [4.69, 9.17) is 27.9 Å². The molecule has 1 aromatic heterocycles. The monoisotopic (exact) mass is 365 g/mol. The van der Waals surface area contributed by atoms with Gasteiger partial charge in [0.25, 0.3) is 0 Å². The number of pyridine rings is 1. The first-order valence-corrected chi connectivity index (χ1v) is 8.88. The fourth-order valence-corrected chi connectivity index (χ4v) is 3.28. The van der Waals surface area contributed by atoms with Crippen molar-refractivity contribution < 1.29 is 4.74 Å². The molecular weight excluding hydrogens is 345 g/mol. The number of para-hydroxylation sites is 1. The van der Waals surface area contributed by atoms with Crippen molar-refractivity contribution in [1.29, 1.82) is 0 Å². The molecule has 3 rings (SSSR count). The van der Waals surface area contributed by atoms with Crippen LogP contribution in [0.15, 0.2) is 42.7 Å². The minimum absolute atomic E-state index is 0.640. The molecule has 1 aromatic carbocycles. The quantitative estimate of drug-likeness (QED) is 0.781. The molecular formula is C18H21Cl2N3O. The molecule has 1 aliphatic heterocycles. The maximum Gasteiger partial charge on any atom is 0.119 e. The van der Waals surface area contributed by atoms with Crippen LogP contribution in [-0.4, -0.2) is 54.1 Å². The molecule has 24 heavy (non-hydrogen) atoms. The van der Waals surface area contributed by atoms with Crippen LogP contribution in [-0.2, 0) is 6.54 Å². The number of rotatable bonds is 6. The third-order valence-corrected chi connectivity index (χ3v) is 4.87. The van der Waals surface area contributed by atoms with E-state index in [2.05, 4.69) is 14.8 Å². The highest BCUT2D eigenvalue weighted by Crippen LogP contribution is 2.24. The average Bonchev–Trinajstić information content (AvgIpc) is 2.61. The first kappa shape index (κ1) is 17.5. The molecule has 2 heterocycles. The highest BCUT2D eigenvalue weighted by Gasteiger charge is 2.18.